The Hall–Kier alpha value is -0.760. The van der Waals surface area contributed by atoms with E-state index in [-0.39, 0.29) is 0 Å². The predicted molar refractivity (Wildman–Crippen MR) is 38.4 cm³/mol. The molecular weight excluding hydrogens is 136 g/mol. The van der Waals surface area contributed by atoms with E-state index in [0.29, 0.717) is 10.7 Å². The average molecular weight is 143 g/mol. The van der Waals surface area contributed by atoms with Crippen LogP contribution < -0.4 is 5.73 Å². The molecule has 1 heterocycles. The lowest BCUT2D eigenvalue weighted by molar-refractivity contribution is 1.20. The number of aromatic nitrogens is 1. The van der Waals surface area contributed by atoms with Crippen molar-refractivity contribution in [2.24, 2.45) is 0 Å². The molecule has 0 radical (unpaired) electrons. The Morgan fingerprint density at radius 3 is 2.78 bits per heavy atom. The number of hydrogen-bond acceptors (Lipinski definition) is 2. The molecule has 1 aromatic heterocycles. The van der Waals surface area contributed by atoms with Crippen molar-refractivity contribution in [2.75, 3.05) is 5.73 Å². The molecule has 0 spiro atoms. The normalized spacial score (nSPS) is 9.56. The molecular formula is C6H7ClN2. The highest BCUT2D eigenvalue weighted by Crippen LogP contribution is 2.16. The van der Waals surface area contributed by atoms with E-state index in [2.05, 4.69) is 4.98 Å². The number of pyridine rings is 1. The van der Waals surface area contributed by atoms with E-state index in [9.17, 15) is 0 Å². The lowest BCUT2D eigenvalue weighted by Gasteiger charge is -1.95. The molecule has 0 fully saturated rings. The van der Waals surface area contributed by atoms with Gasteiger partial charge in [0, 0.05) is 11.9 Å². The first-order valence-electron chi connectivity index (χ1n) is 2.58. The zero-order valence-electron chi connectivity index (χ0n) is 5.06. The molecule has 1 rings (SSSR count). The third kappa shape index (κ3) is 1.33. The molecule has 0 aliphatic carbocycles. The summed E-state index contributed by atoms with van der Waals surface area (Å²) in [6, 6.07) is 1.74. The highest BCUT2D eigenvalue weighted by atomic mass is 35.5. The summed E-state index contributed by atoms with van der Waals surface area (Å²) in [4.78, 5) is 3.93. The highest BCUT2D eigenvalue weighted by Gasteiger charge is 1.93. The number of nitrogen functional groups attached to an aromatic ring is 1. The number of anilines is 1. The van der Waals surface area contributed by atoms with Crippen LogP contribution in [0.5, 0.6) is 0 Å². The van der Waals surface area contributed by atoms with E-state index in [1.807, 2.05) is 6.92 Å². The van der Waals surface area contributed by atoms with Gasteiger partial charge in [-0.2, -0.15) is 0 Å². The van der Waals surface area contributed by atoms with Gasteiger partial charge in [0.15, 0.2) is 0 Å². The summed E-state index contributed by atoms with van der Waals surface area (Å²) in [6.07, 6.45) is 1.55. The van der Waals surface area contributed by atoms with Crippen LogP contribution in [0.3, 0.4) is 0 Å². The maximum Gasteiger partial charge on any atom is 0.0818 e. The second-order valence-corrected chi connectivity index (χ2v) is 2.25. The van der Waals surface area contributed by atoms with Crippen LogP contribution in [0.2, 0.25) is 5.02 Å². The van der Waals surface area contributed by atoms with Crippen LogP contribution in [0.4, 0.5) is 5.69 Å². The summed E-state index contributed by atoms with van der Waals surface area (Å²) < 4.78 is 0. The molecule has 2 N–H and O–H groups in total. The minimum Gasteiger partial charge on any atom is -0.397 e. The standard InChI is InChI=1S/C6H7ClN2/c1-4-2-6(8)5(7)3-9-4/h2-3H,1H3,(H2,8,9). The van der Waals surface area contributed by atoms with Crippen molar-refractivity contribution in [3.05, 3.63) is 23.0 Å². The van der Waals surface area contributed by atoms with Crippen LogP contribution in [-0.4, -0.2) is 4.98 Å². The Morgan fingerprint density at radius 2 is 2.33 bits per heavy atom. The number of hydrogen-bond donors (Lipinski definition) is 1. The number of nitrogens with zero attached hydrogens (tertiary/aromatic N) is 1. The van der Waals surface area contributed by atoms with E-state index in [1.165, 1.54) is 0 Å². The topological polar surface area (TPSA) is 38.9 Å². The summed E-state index contributed by atoms with van der Waals surface area (Å²) in [5.74, 6) is 0. The Bertz CT molecular complexity index is 222. The molecule has 9 heavy (non-hydrogen) atoms. The third-order valence-corrected chi connectivity index (χ3v) is 1.34. The van der Waals surface area contributed by atoms with E-state index in [4.69, 9.17) is 17.3 Å². The highest BCUT2D eigenvalue weighted by molar-refractivity contribution is 6.32. The molecule has 3 heteroatoms. The van der Waals surface area contributed by atoms with Gasteiger partial charge in [0.05, 0.1) is 10.7 Å². The summed E-state index contributed by atoms with van der Waals surface area (Å²) in [7, 11) is 0. The fourth-order valence-corrected chi connectivity index (χ4v) is 0.668. The number of aryl methyl sites for hydroxylation is 1. The molecule has 48 valence electrons. The van der Waals surface area contributed by atoms with Crippen molar-refractivity contribution in [3.8, 4) is 0 Å². The van der Waals surface area contributed by atoms with Crippen LogP contribution in [0.25, 0.3) is 0 Å². The predicted octanol–water partition coefficient (Wildman–Crippen LogP) is 1.63. The van der Waals surface area contributed by atoms with Gasteiger partial charge in [0.25, 0.3) is 0 Å². The van der Waals surface area contributed by atoms with Crippen molar-refractivity contribution < 1.29 is 0 Å². The first-order valence-corrected chi connectivity index (χ1v) is 2.95. The van der Waals surface area contributed by atoms with Gasteiger partial charge in [-0.1, -0.05) is 11.6 Å². The lowest BCUT2D eigenvalue weighted by Crippen LogP contribution is -1.88. The van der Waals surface area contributed by atoms with Crippen molar-refractivity contribution in [1.82, 2.24) is 4.98 Å². The van der Waals surface area contributed by atoms with E-state index < -0.39 is 0 Å². The van der Waals surface area contributed by atoms with Gasteiger partial charge in [-0.05, 0) is 13.0 Å². The minimum atomic E-state index is 0.514. The average Bonchev–Trinajstić information content (AvgIpc) is 1.80. The monoisotopic (exact) mass is 142 g/mol. The van der Waals surface area contributed by atoms with Crippen molar-refractivity contribution in [2.45, 2.75) is 6.92 Å². The Balaban J connectivity index is 3.17. The largest absolute Gasteiger partial charge is 0.397 e. The summed E-state index contributed by atoms with van der Waals surface area (Å²) in [5.41, 5.74) is 6.92. The number of halogens is 1. The van der Waals surface area contributed by atoms with Crippen molar-refractivity contribution in [1.29, 1.82) is 0 Å². The maximum absolute atomic E-state index is 5.59. The molecule has 0 aromatic carbocycles. The number of nitrogens with two attached hydrogens (primary N) is 1. The van der Waals surface area contributed by atoms with Gasteiger partial charge in [-0.15, -0.1) is 0 Å². The van der Waals surface area contributed by atoms with Gasteiger partial charge in [-0.25, -0.2) is 0 Å². The van der Waals surface area contributed by atoms with Gasteiger partial charge in [0.1, 0.15) is 0 Å². The fraction of sp³-hybridized carbons (Fsp3) is 0.167. The first-order chi connectivity index (χ1) is 4.20. The Kier molecular flexibility index (Phi) is 1.58. The molecule has 0 saturated carbocycles. The molecule has 0 aliphatic heterocycles. The zero-order chi connectivity index (χ0) is 6.85. The van der Waals surface area contributed by atoms with Crippen LogP contribution >= 0.6 is 11.6 Å². The number of rotatable bonds is 0. The van der Waals surface area contributed by atoms with Crippen molar-refractivity contribution >= 4 is 17.3 Å². The van der Waals surface area contributed by atoms with Crippen LogP contribution in [0.1, 0.15) is 5.69 Å². The molecule has 0 atom stereocenters. The Morgan fingerprint density at radius 1 is 1.67 bits per heavy atom. The van der Waals surface area contributed by atoms with E-state index in [1.54, 1.807) is 12.3 Å². The summed E-state index contributed by atoms with van der Waals surface area (Å²) in [6.45, 7) is 1.87. The van der Waals surface area contributed by atoms with E-state index in [0.717, 1.165) is 5.69 Å². The zero-order valence-corrected chi connectivity index (χ0v) is 5.81. The summed E-state index contributed by atoms with van der Waals surface area (Å²) in [5, 5.41) is 0.514. The second kappa shape index (κ2) is 2.23. The molecule has 0 bridgehead atoms. The molecule has 0 amide bonds. The molecule has 2 nitrogen and oxygen atoms in total. The second-order valence-electron chi connectivity index (χ2n) is 1.85. The van der Waals surface area contributed by atoms with Crippen molar-refractivity contribution in [3.63, 3.8) is 0 Å². The molecule has 0 aliphatic rings. The molecule has 0 unspecified atom stereocenters. The van der Waals surface area contributed by atoms with Gasteiger partial charge in [-0.3, -0.25) is 4.98 Å². The van der Waals surface area contributed by atoms with Gasteiger partial charge < -0.3 is 5.73 Å². The summed E-state index contributed by atoms with van der Waals surface area (Å²) >= 11 is 5.59. The lowest BCUT2D eigenvalue weighted by atomic mass is 10.3. The van der Waals surface area contributed by atoms with Gasteiger partial charge >= 0.3 is 0 Å². The molecule has 0 saturated heterocycles. The van der Waals surface area contributed by atoms with Crippen LogP contribution in [0, 0.1) is 6.92 Å². The quantitative estimate of drug-likeness (QED) is 0.598. The SMILES string of the molecule is Cc1cc(N)c(Cl)cn1. The van der Waals surface area contributed by atoms with Gasteiger partial charge in [0.2, 0.25) is 0 Å². The smallest absolute Gasteiger partial charge is 0.0818 e. The maximum atomic E-state index is 5.59. The molecule has 1 aromatic rings. The van der Waals surface area contributed by atoms with Crippen LogP contribution in [-0.2, 0) is 0 Å². The fourth-order valence-electron chi connectivity index (χ4n) is 0.564. The Labute approximate surface area is 58.7 Å². The third-order valence-electron chi connectivity index (χ3n) is 1.02. The van der Waals surface area contributed by atoms with E-state index >= 15 is 0 Å². The first kappa shape index (κ1) is 6.36. The minimum absolute atomic E-state index is 0.514. The van der Waals surface area contributed by atoms with Crippen LogP contribution in [0.15, 0.2) is 12.3 Å².